The number of nitrogens with zero attached hydrogens (tertiary/aromatic N) is 2. The SMILES string of the molecule is c1ccc(-c2ccc(-n3c4ccccc4c4cc(-c5ccc(N(c6ccc(-c7cccc8c7sc7ccccc78)cc6)c6ccc7ccccc7c6)cc5)ccc43)cc2)cc1. The van der Waals surface area contributed by atoms with E-state index in [1.54, 1.807) is 0 Å². The zero-order valence-corrected chi connectivity index (χ0v) is 34.1. The first-order valence-corrected chi connectivity index (χ1v) is 21.6. The summed E-state index contributed by atoms with van der Waals surface area (Å²) in [5.41, 5.74) is 14.2. The number of fused-ring (bicyclic) bond motifs is 7. The molecule has 0 aliphatic heterocycles. The van der Waals surface area contributed by atoms with Crippen molar-refractivity contribution in [2.45, 2.75) is 0 Å². The molecule has 0 saturated heterocycles. The smallest absolute Gasteiger partial charge is 0.0541 e. The van der Waals surface area contributed by atoms with Crippen LogP contribution in [0.15, 0.2) is 231 Å². The largest absolute Gasteiger partial charge is 0.310 e. The van der Waals surface area contributed by atoms with Gasteiger partial charge in [-0.25, -0.2) is 0 Å². The molecule has 0 spiro atoms. The molecule has 61 heavy (non-hydrogen) atoms. The van der Waals surface area contributed by atoms with Gasteiger partial charge in [0.25, 0.3) is 0 Å². The molecule has 0 radical (unpaired) electrons. The van der Waals surface area contributed by atoms with E-state index in [1.807, 2.05) is 11.3 Å². The van der Waals surface area contributed by atoms with Crippen molar-refractivity contribution >= 4 is 81.1 Å². The minimum atomic E-state index is 1.11. The van der Waals surface area contributed by atoms with Crippen LogP contribution in [0, 0.1) is 0 Å². The predicted molar refractivity (Wildman–Crippen MR) is 262 cm³/mol. The molecule has 0 aliphatic rings. The number of hydrogen-bond acceptors (Lipinski definition) is 2. The van der Waals surface area contributed by atoms with Gasteiger partial charge in [-0.05, 0) is 117 Å². The fourth-order valence-corrected chi connectivity index (χ4v) is 10.4. The van der Waals surface area contributed by atoms with Crippen molar-refractivity contribution in [2.24, 2.45) is 0 Å². The van der Waals surface area contributed by atoms with E-state index in [4.69, 9.17) is 0 Å². The first-order chi connectivity index (χ1) is 30.2. The summed E-state index contributed by atoms with van der Waals surface area (Å²) in [6.45, 7) is 0. The van der Waals surface area contributed by atoms with Crippen LogP contribution in [0.3, 0.4) is 0 Å². The quantitative estimate of drug-likeness (QED) is 0.156. The summed E-state index contributed by atoms with van der Waals surface area (Å²) in [6, 6.07) is 84.1. The van der Waals surface area contributed by atoms with E-state index in [0.717, 1.165) is 22.7 Å². The van der Waals surface area contributed by atoms with Gasteiger partial charge in [-0.15, -0.1) is 11.3 Å². The molecular formula is C58H38N2S. The van der Waals surface area contributed by atoms with Gasteiger partial charge in [0.1, 0.15) is 0 Å². The highest BCUT2D eigenvalue weighted by molar-refractivity contribution is 7.26. The number of aromatic nitrogens is 1. The van der Waals surface area contributed by atoms with Crippen molar-refractivity contribution in [3.05, 3.63) is 231 Å². The lowest BCUT2D eigenvalue weighted by Crippen LogP contribution is -2.09. The van der Waals surface area contributed by atoms with Crippen LogP contribution in [0.1, 0.15) is 0 Å². The zero-order valence-electron chi connectivity index (χ0n) is 33.2. The lowest BCUT2D eigenvalue weighted by molar-refractivity contribution is 1.18. The van der Waals surface area contributed by atoms with Crippen LogP contribution >= 0.6 is 11.3 Å². The Morgan fingerprint density at radius 2 is 0.902 bits per heavy atom. The van der Waals surface area contributed by atoms with E-state index in [9.17, 15) is 0 Å². The average molecular weight is 795 g/mol. The molecule has 0 N–H and O–H groups in total. The fraction of sp³-hybridized carbons (Fsp3) is 0. The molecule has 2 heterocycles. The van der Waals surface area contributed by atoms with E-state index in [2.05, 4.69) is 240 Å². The molecular weight excluding hydrogens is 757 g/mol. The van der Waals surface area contributed by atoms with Crippen molar-refractivity contribution in [2.75, 3.05) is 4.90 Å². The van der Waals surface area contributed by atoms with Gasteiger partial charge in [0.15, 0.2) is 0 Å². The van der Waals surface area contributed by atoms with Crippen LogP contribution in [0.25, 0.3) is 91.8 Å². The molecule has 0 atom stereocenters. The van der Waals surface area contributed by atoms with Gasteiger partial charge < -0.3 is 9.47 Å². The summed E-state index contributed by atoms with van der Waals surface area (Å²) < 4.78 is 5.05. The van der Waals surface area contributed by atoms with Gasteiger partial charge in [-0.3, -0.25) is 0 Å². The van der Waals surface area contributed by atoms with Crippen molar-refractivity contribution in [1.29, 1.82) is 0 Å². The molecule has 0 unspecified atom stereocenters. The molecule has 0 bridgehead atoms. The van der Waals surface area contributed by atoms with Crippen LogP contribution in [-0.2, 0) is 0 Å². The normalized spacial score (nSPS) is 11.6. The Bertz CT molecular complexity index is 3560. The molecule has 0 saturated carbocycles. The van der Waals surface area contributed by atoms with Gasteiger partial charge >= 0.3 is 0 Å². The number of anilines is 3. The zero-order chi connectivity index (χ0) is 40.3. The highest BCUT2D eigenvalue weighted by Gasteiger charge is 2.17. The van der Waals surface area contributed by atoms with E-state index >= 15 is 0 Å². The van der Waals surface area contributed by atoms with Crippen molar-refractivity contribution in [3.8, 4) is 39.1 Å². The second-order valence-electron chi connectivity index (χ2n) is 15.7. The van der Waals surface area contributed by atoms with Gasteiger partial charge in [0.2, 0.25) is 0 Å². The van der Waals surface area contributed by atoms with Crippen LogP contribution in [0.5, 0.6) is 0 Å². The monoisotopic (exact) mass is 794 g/mol. The van der Waals surface area contributed by atoms with Crippen LogP contribution in [-0.4, -0.2) is 4.57 Å². The summed E-state index contributed by atoms with van der Waals surface area (Å²) in [7, 11) is 0. The molecule has 2 nitrogen and oxygen atoms in total. The Labute approximate surface area is 358 Å². The second-order valence-corrected chi connectivity index (χ2v) is 16.8. The van der Waals surface area contributed by atoms with Crippen molar-refractivity contribution < 1.29 is 0 Å². The lowest BCUT2D eigenvalue weighted by Gasteiger charge is -2.26. The highest BCUT2D eigenvalue weighted by Crippen LogP contribution is 2.43. The van der Waals surface area contributed by atoms with Crippen molar-refractivity contribution in [3.63, 3.8) is 0 Å². The van der Waals surface area contributed by atoms with E-state index in [0.29, 0.717) is 0 Å². The maximum atomic E-state index is 2.39. The second kappa shape index (κ2) is 14.5. The summed E-state index contributed by atoms with van der Waals surface area (Å²) in [5.74, 6) is 0. The first kappa shape index (κ1) is 35.2. The summed E-state index contributed by atoms with van der Waals surface area (Å²) in [5, 5.41) is 7.58. The Hall–Kier alpha value is -7.72. The fourth-order valence-electron chi connectivity index (χ4n) is 9.19. The third kappa shape index (κ3) is 6.09. The third-order valence-electron chi connectivity index (χ3n) is 12.2. The van der Waals surface area contributed by atoms with Gasteiger partial charge in [0.05, 0.1) is 11.0 Å². The highest BCUT2D eigenvalue weighted by atomic mass is 32.1. The van der Waals surface area contributed by atoms with Crippen LogP contribution in [0.4, 0.5) is 17.1 Å². The predicted octanol–water partition coefficient (Wildman–Crippen LogP) is 16.8. The minimum absolute atomic E-state index is 1.11. The molecule has 3 heteroatoms. The molecule has 0 amide bonds. The average Bonchev–Trinajstić information content (AvgIpc) is 3.88. The van der Waals surface area contributed by atoms with Gasteiger partial charge in [-0.1, -0.05) is 158 Å². The first-order valence-electron chi connectivity index (χ1n) is 20.8. The maximum absolute atomic E-state index is 2.39. The van der Waals surface area contributed by atoms with E-state index in [1.165, 1.54) is 86.1 Å². The molecule has 2 aromatic heterocycles. The Balaban J connectivity index is 0.917. The van der Waals surface area contributed by atoms with Gasteiger partial charge in [0, 0.05) is 53.7 Å². The number of thiophene rings is 1. The lowest BCUT2D eigenvalue weighted by atomic mass is 10.0. The molecule has 286 valence electrons. The molecule has 12 aromatic rings. The molecule has 12 rings (SSSR count). The van der Waals surface area contributed by atoms with E-state index < -0.39 is 0 Å². The van der Waals surface area contributed by atoms with Crippen LogP contribution in [0.2, 0.25) is 0 Å². The number of para-hydroxylation sites is 1. The Morgan fingerprint density at radius 3 is 1.70 bits per heavy atom. The number of rotatable bonds is 7. The molecule has 10 aromatic carbocycles. The molecule has 0 aliphatic carbocycles. The number of hydrogen-bond donors (Lipinski definition) is 0. The van der Waals surface area contributed by atoms with Gasteiger partial charge in [-0.2, -0.15) is 0 Å². The summed E-state index contributed by atoms with van der Waals surface area (Å²) in [6.07, 6.45) is 0. The topological polar surface area (TPSA) is 8.17 Å². The Morgan fingerprint density at radius 1 is 0.328 bits per heavy atom. The summed E-state index contributed by atoms with van der Waals surface area (Å²) >= 11 is 1.88. The number of benzene rings is 10. The molecule has 0 fully saturated rings. The van der Waals surface area contributed by atoms with Crippen molar-refractivity contribution in [1.82, 2.24) is 4.57 Å². The summed E-state index contributed by atoms with van der Waals surface area (Å²) in [4.78, 5) is 2.37. The van der Waals surface area contributed by atoms with Crippen LogP contribution < -0.4 is 4.90 Å². The third-order valence-corrected chi connectivity index (χ3v) is 13.4. The minimum Gasteiger partial charge on any atom is -0.310 e. The Kier molecular flexibility index (Phi) is 8.39. The van der Waals surface area contributed by atoms with E-state index in [-0.39, 0.29) is 0 Å². The standard InChI is InChI=1S/C58H38N2S/c1-2-11-39(12-3-1)41-21-31-48(32-22-41)60-55-19-8-6-15-51(55)54-38-45(28-36-56(54)60)42-23-29-46(30-24-42)59(49-35-25-40-13-4-5-14-44(40)37-49)47-33-26-43(27-34-47)50-17-10-18-53-52-16-7-9-20-57(52)61-58(50)53/h1-38H. The maximum Gasteiger partial charge on any atom is 0.0541 e.